The number of hydrogen-bond donors (Lipinski definition) is 2. The predicted molar refractivity (Wildman–Crippen MR) is 66.2 cm³/mol. The summed E-state index contributed by atoms with van der Waals surface area (Å²) in [4.78, 5) is 11.4. The first-order valence-electron chi connectivity index (χ1n) is 5.90. The van der Waals surface area contributed by atoms with E-state index in [1.54, 1.807) is 0 Å². The van der Waals surface area contributed by atoms with Gasteiger partial charge in [-0.25, -0.2) is 0 Å². The highest BCUT2D eigenvalue weighted by Crippen LogP contribution is 2.11. The summed E-state index contributed by atoms with van der Waals surface area (Å²) in [5, 5.41) is 2.84. The second kappa shape index (κ2) is 6.21. The lowest BCUT2D eigenvalue weighted by Crippen LogP contribution is -2.46. The Balaban J connectivity index is 3.86. The molecule has 0 fully saturated rings. The van der Waals surface area contributed by atoms with Gasteiger partial charge in [0.05, 0.1) is 6.61 Å². The van der Waals surface area contributed by atoms with Crippen molar-refractivity contribution in [2.45, 2.75) is 58.5 Å². The van der Waals surface area contributed by atoms with E-state index in [-0.39, 0.29) is 23.6 Å². The van der Waals surface area contributed by atoms with Crippen molar-refractivity contribution >= 4 is 5.91 Å². The van der Waals surface area contributed by atoms with Crippen LogP contribution in [0.3, 0.4) is 0 Å². The van der Waals surface area contributed by atoms with E-state index in [2.05, 4.69) is 5.32 Å². The van der Waals surface area contributed by atoms with E-state index in [1.165, 1.54) is 0 Å². The Hall–Kier alpha value is -0.610. The fourth-order valence-corrected chi connectivity index (χ4v) is 1.26. The maximum Gasteiger partial charge on any atom is 0.246 e. The summed E-state index contributed by atoms with van der Waals surface area (Å²) in [5.74, 6) is -0.0953. The zero-order chi connectivity index (χ0) is 12.8. The molecule has 0 aliphatic carbocycles. The zero-order valence-corrected chi connectivity index (χ0v) is 11.2. The van der Waals surface area contributed by atoms with Crippen molar-refractivity contribution < 1.29 is 9.53 Å². The van der Waals surface area contributed by atoms with Gasteiger partial charge in [0.25, 0.3) is 0 Å². The number of ether oxygens (including phenoxy) is 1. The van der Waals surface area contributed by atoms with Crippen molar-refractivity contribution in [1.82, 2.24) is 5.32 Å². The van der Waals surface area contributed by atoms with Gasteiger partial charge in [0.1, 0.15) is 6.61 Å². The van der Waals surface area contributed by atoms with Crippen molar-refractivity contribution in [3.05, 3.63) is 0 Å². The van der Waals surface area contributed by atoms with Gasteiger partial charge in [-0.2, -0.15) is 0 Å². The largest absolute Gasteiger partial charge is 0.370 e. The average molecular weight is 230 g/mol. The highest BCUT2D eigenvalue weighted by molar-refractivity contribution is 5.77. The Morgan fingerprint density at radius 2 is 1.75 bits per heavy atom. The summed E-state index contributed by atoms with van der Waals surface area (Å²) in [6, 6.07) is 0. The van der Waals surface area contributed by atoms with Crippen molar-refractivity contribution in [1.29, 1.82) is 0 Å². The Kier molecular flexibility index (Phi) is 5.97. The third kappa shape index (κ3) is 6.80. The molecule has 0 heterocycles. The molecule has 0 rings (SSSR count). The van der Waals surface area contributed by atoms with Crippen LogP contribution in [0.1, 0.15) is 47.5 Å². The quantitative estimate of drug-likeness (QED) is 0.725. The van der Waals surface area contributed by atoms with Crippen LogP contribution in [0.15, 0.2) is 0 Å². The van der Waals surface area contributed by atoms with E-state index in [1.807, 2.05) is 34.6 Å². The smallest absolute Gasteiger partial charge is 0.246 e. The van der Waals surface area contributed by atoms with Crippen LogP contribution in [0.2, 0.25) is 0 Å². The molecule has 0 bridgehead atoms. The lowest BCUT2D eigenvalue weighted by molar-refractivity contribution is -0.127. The van der Waals surface area contributed by atoms with Gasteiger partial charge in [-0.3, -0.25) is 4.79 Å². The molecular weight excluding hydrogens is 204 g/mol. The standard InChI is InChI=1S/C12H26N2O2/c1-6-12(13,7-2)9-16-8-10(15)14-11(3,4)5/h6-9,13H2,1-5H3,(H,14,15). The summed E-state index contributed by atoms with van der Waals surface area (Å²) in [6.07, 6.45) is 1.70. The molecule has 4 heteroatoms. The molecule has 1 amide bonds. The van der Waals surface area contributed by atoms with Crippen LogP contribution in [0, 0.1) is 0 Å². The SMILES string of the molecule is CCC(N)(CC)COCC(=O)NC(C)(C)C. The summed E-state index contributed by atoms with van der Waals surface area (Å²) in [5.41, 5.74) is 5.54. The lowest BCUT2D eigenvalue weighted by atomic mass is 9.96. The molecule has 0 saturated carbocycles. The van der Waals surface area contributed by atoms with E-state index < -0.39 is 0 Å². The summed E-state index contributed by atoms with van der Waals surface area (Å²) >= 11 is 0. The molecule has 16 heavy (non-hydrogen) atoms. The number of hydrogen-bond acceptors (Lipinski definition) is 3. The third-order valence-electron chi connectivity index (χ3n) is 2.55. The Labute approximate surface area is 98.9 Å². The van der Waals surface area contributed by atoms with Gasteiger partial charge >= 0.3 is 0 Å². The van der Waals surface area contributed by atoms with Crippen LogP contribution in [-0.4, -0.2) is 30.2 Å². The lowest BCUT2D eigenvalue weighted by Gasteiger charge is -2.26. The minimum absolute atomic E-state index is 0.0796. The summed E-state index contributed by atoms with van der Waals surface area (Å²) in [7, 11) is 0. The number of carbonyl (C=O) groups excluding carboxylic acids is 1. The van der Waals surface area contributed by atoms with Crippen LogP contribution < -0.4 is 11.1 Å². The van der Waals surface area contributed by atoms with Gasteiger partial charge < -0.3 is 15.8 Å². The van der Waals surface area contributed by atoms with Gasteiger partial charge in [-0.05, 0) is 33.6 Å². The number of nitrogens with two attached hydrogens (primary N) is 1. The Morgan fingerprint density at radius 1 is 1.25 bits per heavy atom. The molecule has 0 aromatic rings. The fourth-order valence-electron chi connectivity index (χ4n) is 1.26. The second-order valence-electron chi connectivity index (χ2n) is 5.36. The number of amides is 1. The first-order chi connectivity index (χ1) is 7.22. The zero-order valence-electron chi connectivity index (χ0n) is 11.2. The predicted octanol–water partition coefficient (Wildman–Crippen LogP) is 1.44. The van der Waals surface area contributed by atoms with Crippen molar-refractivity contribution in [2.75, 3.05) is 13.2 Å². The number of nitrogens with one attached hydrogen (secondary N) is 1. The molecule has 0 aromatic heterocycles. The maximum absolute atomic E-state index is 11.4. The monoisotopic (exact) mass is 230 g/mol. The maximum atomic E-state index is 11.4. The van der Waals surface area contributed by atoms with E-state index in [0.717, 1.165) is 12.8 Å². The number of rotatable bonds is 6. The van der Waals surface area contributed by atoms with E-state index >= 15 is 0 Å². The normalized spacial score (nSPS) is 12.6. The second-order valence-corrected chi connectivity index (χ2v) is 5.36. The molecule has 96 valence electrons. The molecule has 0 radical (unpaired) electrons. The minimum atomic E-state index is -0.304. The first kappa shape index (κ1) is 15.4. The molecule has 0 aliphatic rings. The van der Waals surface area contributed by atoms with Gasteiger partial charge in [0.2, 0.25) is 5.91 Å². The molecule has 4 nitrogen and oxygen atoms in total. The molecule has 0 saturated heterocycles. The van der Waals surface area contributed by atoms with Crippen LogP contribution in [0.5, 0.6) is 0 Å². The fraction of sp³-hybridized carbons (Fsp3) is 0.917. The Bertz CT molecular complexity index is 218. The summed E-state index contributed by atoms with van der Waals surface area (Å²) < 4.78 is 5.35. The molecular formula is C12H26N2O2. The van der Waals surface area contributed by atoms with Crippen molar-refractivity contribution in [3.63, 3.8) is 0 Å². The van der Waals surface area contributed by atoms with Crippen LogP contribution in [-0.2, 0) is 9.53 Å². The summed E-state index contributed by atoms with van der Waals surface area (Å²) in [6.45, 7) is 10.4. The molecule has 0 unspecified atom stereocenters. The highest BCUT2D eigenvalue weighted by atomic mass is 16.5. The third-order valence-corrected chi connectivity index (χ3v) is 2.55. The topological polar surface area (TPSA) is 64.3 Å². The molecule has 0 aromatic carbocycles. The van der Waals surface area contributed by atoms with E-state index in [9.17, 15) is 4.79 Å². The van der Waals surface area contributed by atoms with E-state index in [0.29, 0.717) is 6.61 Å². The average Bonchev–Trinajstić information content (AvgIpc) is 2.14. The van der Waals surface area contributed by atoms with Crippen LogP contribution in [0.4, 0.5) is 0 Å². The van der Waals surface area contributed by atoms with Crippen molar-refractivity contribution in [2.24, 2.45) is 5.73 Å². The van der Waals surface area contributed by atoms with Gasteiger partial charge in [-0.1, -0.05) is 13.8 Å². The molecule has 3 N–H and O–H groups in total. The highest BCUT2D eigenvalue weighted by Gasteiger charge is 2.21. The van der Waals surface area contributed by atoms with Crippen LogP contribution in [0.25, 0.3) is 0 Å². The number of carbonyl (C=O) groups is 1. The molecule has 0 atom stereocenters. The molecule has 0 aliphatic heterocycles. The Morgan fingerprint density at radius 3 is 2.12 bits per heavy atom. The van der Waals surface area contributed by atoms with Crippen molar-refractivity contribution in [3.8, 4) is 0 Å². The van der Waals surface area contributed by atoms with Gasteiger partial charge in [-0.15, -0.1) is 0 Å². The van der Waals surface area contributed by atoms with E-state index in [4.69, 9.17) is 10.5 Å². The molecule has 0 spiro atoms. The van der Waals surface area contributed by atoms with Gasteiger partial charge in [0, 0.05) is 11.1 Å². The minimum Gasteiger partial charge on any atom is -0.370 e. The van der Waals surface area contributed by atoms with Crippen LogP contribution >= 0.6 is 0 Å². The van der Waals surface area contributed by atoms with Gasteiger partial charge in [0.15, 0.2) is 0 Å². The first-order valence-corrected chi connectivity index (χ1v) is 5.90.